The van der Waals surface area contributed by atoms with Crippen LogP contribution in [0, 0.1) is 3.57 Å². The van der Waals surface area contributed by atoms with Crippen LogP contribution in [-0.2, 0) is 4.74 Å². The van der Waals surface area contributed by atoms with E-state index in [1.807, 2.05) is 22.6 Å². The Bertz CT molecular complexity index is 415. The van der Waals surface area contributed by atoms with E-state index in [9.17, 15) is 13.6 Å². The van der Waals surface area contributed by atoms with Crippen LogP contribution in [0.1, 0.15) is 29.5 Å². The third kappa shape index (κ3) is 3.09. The van der Waals surface area contributed by atoms with Crippen molar-refractivity contribution in [2.45, 2.75) is 13.3 Å². The van der Waals surface area contributed by atoms with Crippen molar-refractivity contribution >= 4 is 44.5 Å². The number of nitrogens with zero attached hydrogens (tertiary/aromatic N) is 1. The van der Waals surface area contributed by atoms with Gasteiger partial charge in [0.05, 0.1) is 10.2 Å². The molecule has 0 aromatic carbocycles. The van der Waals surface area contributed by atoms with Gasteiger partial charge in [-0.3, -0.25) is 0 Å². The van der Waals surface area contributed by atoms with Crippen LogP contribution in [-0.4, -0.2) is 17.6 Å². The predicted octanol–water partition coefficient (Wildman–Crippen LogP) is 3.56. The van der Waals surface area contributed by atoms with E-state index in [1.54, 1.807) is 6.92 Å². The summed E-state index contributed by atoms with van der Waals surface area (Å²) in [6.45, 7) is 1.81. The summed E-state index contributed by atoms with van der Waals surface area (Å²) in [6.07, 6.45) is -2.72. The molecule has 0 atom stereocenters. The lowest BCUT2D eigenvalue weighted by molar-refractivity contribution is 0.0516. The van der Waals surface area contributed by atoms with E-state index in [-0.39, 0.29) is 12.3 Å². The Morgan fingerprint density at radius 2 is 2.31 bits per heavy atom. The molecule has 0 N–H and O–H groups in total. The third-order valence-electron chi connectivity index (χ3n) is 1.63. The van der Waals surface area contributed by atoms with Crippen LogP contribution in [0.2, 0.25) is 0 Å². The van der Waals surface area contributed by atoms with Gasteiger partial charge >= 0.3 is 5.97 Å². The van der Waals surface area contributed by atoms with Crippen molar-refractivity contribution in [3.8, 4) is 0 Å². The molecule has 3 nitrogen and oxygen atoms in total. The van der Waals surface area contributed by atoms with Gasteiger partial charge < -0.3 is 4.74 Å². The standard InChI is InChI=1S/C9H7BrF2INO2/c1-2-16-9(15)7-6(13)4(10)3-5(14-7)8(11)12/h3,8H,2H2,1H3. The number of alkyl halides is 2. The number of esters is 1. The van der Waals surface area contributed by atoms with Crippen molar-refractivity contribution < 1.29 is 18.3 Å². The van der Waals surface area contributed by atoms with Gasteiger partial charge in [0.2, 0.25) is 0 Å². The molecular formula is C9H7BrF2INO2. The number of ether oxygens (including phenoxy) is 1. The zero-order valence-corrected chi connectivity index (χ0v) is 11.9. The summed E-state index contributed by atoms with van der Waals surface area (Å²) in [5, 5.41) is 0. The lowest BCUT2D eigenvalue weighted by Gasteiger charge is -2.07. The molecule has 1 heterocycles. The van der Waals surface area contributed by atoms with Gasteiger partial charge in [-0.05, 0) is 51.5 Å². The lowest BCUT2D eigenvalue weighted by Crippen LogP contribution is -2.11. The topological polar surface area (TPSA) is 39.2 Å². The van der Waals surface area contributed by atoms with Crippen molar-refractivity contribution in [2.24, 2.45) is 0 Å². The number of aromatic nitrogens is 1. The third-order valence-corrected chi connectivity index (χ3v) is 4.08. The van der Waals surface area contributed by atoms with Gasteiger partial charge in [0, 0.05) is 4.47 Å². The number of halogens is 4. The first kappa shape index (κ1) is 13.8. The Balaban J connectivity index is 3.21. The number of rotatable bonds is 3. The first-order valence-corrected chi connectivity index (χ1v) is 6.15. The second kappa shape index (κ2) is 5.85. The summed E-state index contributed by atoms with van der Waals surface area (Å²) >= 11 is 4.94. The molecule has 0 spiro atoms. The molecule has 0 bridgehead atoms. The molecule has 1 rings (SSSR count). The Hall–Kier alpha value is -0.310. The zero-order chi connectivity index (χ0) is 12.3. The predicted molar refractivity (Wildman–Crippen MR) is 65.6 cm³/mol. The van der Waals surface area contributed by atoms with Crippen molar-refractivity contribution in [3.63, 3.8) is 0 Å². The summed E-state index contributed by atoms with van der Waals surface area (Å²) < 4.78 is 30.5. The van der Waals surface area contributed by atoms with E-state index in [4.69, 9.17) is 4.74 Å². The van der Waals surface area contributed by atoms with Gasteiger partial charge in [-0.1, -0.05) is 0 Å². The molecule has 0 fully saturated rings. The molecule has 0 unspecified atom stereocenters. The number of hydrogen-bond acceptors (Lipinski definition) is 3. The molecule has 0 radical (unpaired) electrons. The first-order chi connectivity index (χ1) is 7.47. The van der Waals surface area contributed by atoms with Gasteiger partial charge in [0.15, 0.2) is 5.69 Å². The zero-order valence-electron chi connectivity index (χ0n) is 8.14. The molecule has 0 amide bonds. The quantitative estimate of drug-likeness (QED) is 0.570. The summed E-state index contributed by atoms with van der Waals surface area (Å²) in [4.78, 5) is 15.0. The fourth-order valence-corrected chi connectivity index (χ4v) is 1.88. The maximum absolute atomic E-state index is 12.5. The maximum atomic E-state index is 12.5. The molecule has 0 aliphatic carbocycles. The first-order valence-electron chi connectivity index (χ1n) is 4.28. The SMILES string of the molecule is CCOC(=O)c1nc(C(F)F)cc(Br)c1I. The summed E-state index contributed by atoms with van der Waals surface area (Å²) in [7, 11) is 0. The molecule has 7 heteroatoms. The molecule has 0 aliphatic rings. The Labute approximate surface area is 113 Å². The van der Waals surface area contributed by atoms with E-state index in [1.165, 1.54) is 6.07 Å². The Morgan fingerprint density at radius 3 is 2.81 bits per heavy atom. The molecule has 16 heavy (non-hydrogen) atoms. The normalized spacial score (nSPS) is 10.6. The number of carbonyl (C=O) groups excluding carboxylic acids is 1. The van der Waals surface area contributed by atoms with Crippen LogP contribution >= 0.6 is 38.5 Å². The number of carbonyl (C=O) groups is 1. The highest BCUT2D eigenvalue weighted by molar-refractivity contribution is 14.1. The molecule has 0 saturated heterocycles. The molecule has 0 aliphatic heterocycles. The van der Waals surface area contributed by atoms with Crippen LogP contribution in [0.15, 0.2) is 10.5 Å². The van der Waals surface area contributed by atoms with Crippen molar-refractivity contribution in [2.75, 3.05) is 6.61 Å². The molecular weight excluding hydrogens is 399 g/mol. The average Bonchev–Trinajstić information content (AvgIpc) is 2.21. The van der Waals surface area contributed by atoms with Crippen molar-refractivity contribution in [3.05, 3.63) is 25.5 Å². The van der Waals surface area contributed by atoms with Gasteiger partial charge in [0.1, 0.15) is 5.69 Å². The monoisotopic (exact) mass is 405 g/mol. The van der Waals surface area contributed by atoms with Crippen LogP contribution in [0.5, 0.6) is 0 Å². The highest BCUT2D eigenvalue weighted by Gasteiger charge is 2.20. The van der Waals surface area contributed by atoms with Crippen LogP contribution in [0.25, 0.3) is 0 Å². The van der Waals surface area contributed by atoms with Crippen LogP contribution in [0.4, 0.5) is 8.78 Å². The molecule has 1 aromatic heterocycles. The van der Waals surface area contributed by atoms with Crippen LogP contribution in [0.3, 0.4) is 0 Å². The van der Waals surface area contributed by atoms with Crippen molar-refractivity contribution in [1.82, 2.24) is 4.98 Å². The molecule has 88 valence electrons. The number of hydrogen-bond donors (Lipinski definition) is 0. The second-order valence-electron chi connectivity index (χ2n) is 2.71. The van der Waals surface area contributed by atoms with E-state index >= 15 is 0 Å². The van der Waals surface area contributed by atoms with Gasteiger partial charge in [-0.25, -0.2) is 18.6 Å². The van der Waals surface area contributed by atoms with E-state index in [2.05, 4.69) is 20.9 Å². The van der Waals surface area contributed by atoms with Crippen molar-refractivity contribution in [1.29, 1.82) is 0 Å². The summed E-state index contributed by atoms with van der Waals surface area (Å²) in [5.41, 5.74) is -0.539. The smallest absolute Gasteiger partial charge is 0.358 e. The fraction of sp³-hybridized carbons (Fsp3) is 0.333. The largest absolute Gasteiger partial charge is 0.461 e. The number of pyridine rings is 1. The maximum Gasteiger partial charge on any atom is 0.358 e. The average molecular weight is 406 g/mol. The minimum absolute atomic E-state index is 0.0906. The van der Waals surface area contributed by atoms with Gasteiger partial charge in [-0.2, -0.15) is 0 Å². The highest BCUT2D eigenvalue weighted by atomic mass is 127. The van der Waals surface area contributed by atoms with E-state index in [0.29, 0.717) is 8.04 Å². The molecule has 0 saturated carbocycles. The van der Waals surface area contributed by atoms with Gasteiger partial charge in [0.25, 0.3) is 6.43 Å². The minimum atomic E-state index is -2.72. The highest BCUT2D eigenvalue weighted by Crippen LogP contribution is 2.27. The summed E-state index contributed by atoms with van der Waals surface area (Å²) in [6, 6.07) is 1.19. The van der Waals surface area contributed by atoms with Crippen LogP contribution < -0.4 is 0 Å². The lowest BCUT2D eigenvalue weighted by atomic mass is 10.3. The Morgan fingerprint density at radius 1 is 1.69 bits per heavy atom. The minimum Gasteiger partial charge on any atom is -0.461 e. The fourth-order valence-electron chi connectivity index (χ4n) is 0.963. The summed E-state index contributed by atoms with van der Waals surface area (Å²) in [5.74, 6) is -0.699. The Kier molecular flexibility index (Phi) is 5.03. The van der Waals surface area contributed by atoms with E-state index in [0.717, 1.165) is 0 Å². The van der Waals surface area contributed by atoms with E-state index < -0.39 is 18.1 Å². The van der Waals surface area contributed by atoms with Gasteiger partial charge in [-0.15, -0.1) is 0 Å². The second-order valence-corrected chi connectivity index (χ2v) is 4.65. The molecule has 1 aromatic rings.